The van der Waals surface area contributed by atoms with E-state index in [0.29, 0.717) is 0 Å². The van der Waals surface area contributed by atoms with Gasteiger partial charge in [-0.25, -0.2) is 0 Å². The summed E-state index contributed by atoms with van der Waals surface area (Å²) in [6, 6.07) is 12.8. The molecule has 0 heterocycles. The molecule has 0 saturated carbocycles. The average molecular weight is 351 g/mol. The SMILES string of the molecule is CC[C@H](NC(=O)COc1cc(C)ccc1C)c1ccc2c(c1)CCCC2. The number of rotatable bonds is 6. The topological polar surface area (TPSA) is 38.3 Å². The Morgan fingerprint density at radius 1 is 1.08 bits per heavy atom. The highest BCUT2D eigenvalue weighted by molar-refractivity contribution is 5.78. The van der Waals surface area contributed by atoms with Gasteiger partial charge in [-0.05, 0) is 79.8 Å². The second-order valence-electron chi connectivity index (χ2n) is 7.32. The number of hydrogen-bond acceptors (Lipinski definition) is 2. The standard InChI is InChI=1S/C23H29NO2/c1-4-21(20-12-11-18-7-5-6-8-19(18)14-20)24-23(25)15-26-22-13-16(2)9-10-17(22)3/h9-14,21H,4-8,15H2,1-3H3,(H,24,25)/t21-/m0/s1. The van der Waals surface area contributed by atoms with Crippen molar-refractivity contribution in [3.05, 3.63) is 64.2 Å². The summed E-state index contributed by atoms with van der Waals surface area (Å²) in [6.07, 6.45) is 5.76. The normalized spacial score (nSPS) is 14.4. The Kier molecular flexibility index (Phi) is 5.97. The largest absolute Gasteiger partial charge is 0.483 e. The lowest BCUT2D eigenvalue weighted by Gasteiger charge is -2.22. The first-order chi connectivity index (χ1) is 12.6. The van der Waals surface area contributed by atoms with Crippen molar-refractivity contribution in [3.63, 3.8) is 0 Å². The monoisotopic (exact) mass is 351 g/mol. The van der Waals surface area contributed by atoms with Crippen LogP contribution in [0.3, 0.4) is 0 Å². The maximum Gasteiger partial charge on any atom is 0.258 e. The van der Waals surface area contributed by atoms with Crippen LogP contribution in [0.4, 0.5) is 0 Å². The van der Waals surface area contributed by atoms with Gasteiger partial charge in [0, 0.05) is 0 Å². The van der Waals surface area contributed by atoms with Crippen LogP contribution in [0.5, 0.6) is 5.75 Å². The molecule has 0 saturated heterocycles. The third-order valence-corrected chi connectivity index (χ3v) is 5.22. The van der Waals surface area contributed by atoms with Gasteiger partial charge in [-0.2, -0.15) is 0 Å². The van der Waals surface area contributed by atoms with Gasteiger partial charge in [-0.15, -0.1) is 0 Å². The summed E-state index contributed by atoms with van der Waals surface area (Å²) in [5.74, 6) is 0.706. The Bertz CT molecular complexity index is 782. The quantitative estimate of drug-likeness (QED) is 0.809. The maximum absolute atomic E-state index is 12.4. The molecule has 0 radical (unpaired) electrons. The third kappa shape index (κ3) is 4.46. The highest BCUT2D eigenvalue weighted by Gasteiger charge is 2.16. The van der Waals surface area contributed by atoms with Gasteiger partial charge in [0.25, 0.3) is 5.91 Å². The lowest BCUT2D eigenvalue weighted by molar-refractivity contribution is -0.123. The molecule has 1 aliphatic rings. The molecule has 0 aromatic heterocycles. The zero-order valence-corrected chi connectivity index (χ0v) is 16.1. The minimum atomic E-state index is -0.0736. The summed E-state index contributed by atoms with van der Waals surface area (Å²) in [5.41, 5.74) is 6.30. The van der Waals surface area contributed by atoms with Crippen molar-refractivity contribution in [2.45, 2.75) is 58.9 Å². The molecule has 3 nitrogen and oxygen atoms in total. The Morgan fingerprint density at radius 3 is 2.62 bits per heavy atom. The number of ether oxygens (including phenoxy) is 1. The molecule has 1 N–H and O–H groups in total. The van der Waals surface area contributed by atoms with Crippen LogP contribution in [-0.4, -0.2) is 12.5 Å². The molecule has 0 fully saturated rings. The van der Waals surface area contributed by atoms with Crippen molar-refractivity contribution >= 4 is 5.91 Å². The number of nitrogens with one attached hydrogen (secondary N) is 1. The van der Waals surface area contributed by atoms with Gasteiger partial charge < -0.3 is 10.1 Å². The second-order valence-corrected chi connectivity index (χ2v) is 7.32. The van der Waals surface area contributed by atoms with Gasteiger partial charge >= 0.3 is 0 Å². The van der Waals surface area contributed by atoms with Crippen LogP contribution in [0.2, 0.25) is 0 Å². The summed E-state index contributed by atoms with van der Waals surface area (Å²) in [5, 5.41) is 3.13. The Labute approximate surface area is 156 Å². The van der Waals surface area contributed by atoms with Gasteiger partial charge in [-0.1, -0.05) is 37.3 Å². The number of benzene rings is 2. The number of fused-ring (bicyclic) bond motifs is 1. The van der Waals surface area contributed by atoms with Crippen LogP contribution < -0.4 is 10.1 Å². The van der Waals surface area contributed by atoms with Gasteiger partial charge in [-0.3, -0.25) is 4.79 Å². The van der Waals surface area contributed by atoms with Crippen molar-refractivity contribution < 1.29 is 9.53 Å². The highest BCUT2D eigenvalue weighted by atomic mass is 16.5. The maximum atomic E-state index is 12.4. The number of hydrogen-bond donors (Lipinski definition) is 1. The zero-order valence-electron chi connectivity index (χ0n) is 16.1. The second kappa shape index (κ2) is 8.39. The fraction of sp³-hybridized carbons (Fsp3) is 0.435. The zero-order chi connectivity index (χ0) is 18.5. The van der Waals surface area contributed by atoms with Crippen LogP contribution in [0.1, 0.15) is 60.0 Å². The first-order valence-corrected chi connectivity index (χ1v) is 9.68. The van der Waals surface area contributed by atoms with E-state index in [1.54, 1.807) is 0 Å². The molecule has 1 aliphatic carbocycles. The van der Waals surface area contributed by atoms with E-state index < -0.39 is 0 Å². The van der Waals surface area contributed by atoms with Crippen molar-refractivity contribution in [1.82, 2.24) is 5.32 Å². The molecule has 2 aromatic carbocycles. The molecule has 1 atom stereocenters. The molecule has 1 amide bonds. The molecule has 0 bridgehead atoms. The lowest BCUT2D eigenvalue weighted by Crippen LogP contribution is -2.32. The van der Waals surface area contributed by atoms with Crippen LogP contribution in [-0.2, 0) is 17.6 Å². The van der Waals surface area contributed by atoms with E-state index in [1.165, 1.54) is 36.0 Å². The van der Waals surface area contributed by atoms with E-state index in [-0.39, 0.29) is 18.6 Å². The fourth-order valence-electron chi connectivity index (χ4n) is 3.63. The molecule has 0 unspecified atom stereocenters. The fourth-order valence-corrected chi connectivity index (χ4v) is 3.63. The molecular weight excluding hydrogens is 322 g/mol. The Morgan fingerprint density at radius 2 is 1.85 bits per heavy atom. The van der Waals surface area contributed by atoms with E-state index in [4.69, 9.17) is 4.74 Å². The Hall–Kier alpha value is -2.29. The summed E-state index contributed by atoms with van der Waals surface area (Å²) in [7, 11) is 0. The molecule has 138 valence electrons. The highest BCUT2D eigenvalue weighted by Crippen LogP contribution is 2.26. The van der Waals surface area contributed by atoms with E-state index in [2.05, 4.69) is 30.4 Å². The molecule has 3 heteroatoms. The van der Waals surface area contributed by atoms with Gasteiger partial charge in [0.15, 0.2) is 6.61 Å². The minimum Gasteiger partial charge on any atom is -0.483 e. The number of carbonyl (C=O) groups is 1. The molecule has 26 heavy (non-hydrogen) atoms. The summed E-state index contributed by atoms with van der Waals surface area (Å²) >= 11 is 0. The first kappa shape index (κ1) is 18.5. The number of carbonyl (C=O) groups excluding carboxylic acids is 1. The van der Waals surface area contributed by atoms with Crippen LogP contribution in [0, 0.1) is 13.8 Å². The van der Waals surface area contributed by atoms with Gasteiger partial charge in [0.05, 0.1) is 6.04 Å². The lowest BCUT2D eigenvalue weighted by atomic mass is 9.89. The predicted molar refractivity (Wildman–Crippen MR) is 106 cm³/mol. The van der Waals surface area contributed by atoms with Gasteiger partial charge in [0.2, 0.25) is 0 Å². The first-order valence-electron chi connectivity index (χ1n) is 9.68. The van der Waals surface area contributed by atoms with E-state index in [9.17, 15) is 4.79 Å². The molecule has 0 spiro atoms. The summed E-state index contributed by atoms with van der Waals surface area (Å²) in [6.45, 7) is 6.17. The van der Waals surface area contributed by atoms with E-state index in [0.717, 1.165) is 29.7 Å². The van der Waals surface area contributed by atoms with Crippen LogP contribution >= 0.6 is 0 Å². The van der Waals surface area contributed by atoms with E-state index >= 15 is 0 Å². The molecule has 0 aliphatic heterocycles. The van der Waals surface area contributed by atoms with Crippen molar-refractivity contribution in [2.24, 2.45) is 0 Å². The smallest absolute Gasteiger partial charge is 0.258 e. The molecule has 3 rings (SSSR count). The van der Waals surface area contributed by atoms with Crippen molar-refractivity contribution in [3.8, 4) is 5.75 Å². The van der Waals surface area contributed by atoms with Crippen molar-refractivity contribution in [1.29, 1.82) is 0 Å². The molecular formula is C23H29NO2. The van der Waals surface area contributed by atoms with E-state index in [1.807, 2.05) is 32.0 Å². The average Bonchev–Trinajstić information content (AvgIpc) is 2.66. The number of amides is 1. The number of aryl methyl sites for hydroxylation is 4. The van der Waals surface area contributed by atoms with Gasteiger partial charge in [0.1, 0.15) is 5.75 Å². The summed E-state index contributed by atoms with van der Waals surface area (Å²) < 4.78 is 5.74. The van der Waals surface area contributed by atoms with Crippen molar-refractivity contribution in [2.75, 3.05) is 6.61 Å². The van der Waals surface area contributed by atoms with Crippen LogP contribution in [0.25, 0.3) is 0 Å². The molecule has 2 aromatic rings. The minimum absolute atomic E-state index is 0.0388. The Balaban J connectivity index is 1.62. The third-order valence-electron chi connectivity index (χ3n) is 5.22. The van der Waals surface area contributed by atoms with Crippen LogP contribution in [0.15, 0.2) is 36.4 Å². The predicted octanol–water partition coefficient (Wildman–Crippen LogP) is 4.83. The summed E-state index contributed by atoms with van der Waals surface area (Å²) in [4.78, 5) is 12.4.